The fourth-order valence-electron chi connectivity index (χ4n) is 3.57. The number of hydrogen-bond donors (Lipinski definition) is 1. The molecule has 1 aromatic heterocycles. The largest absolute Gasteiger partial charge is 0.466 e. The zero-order valence-corrected chi connectivity index (χ0v) is 16.9. The second kappa shape index (κ2) is 8.42. The van der Waals surface area contributed by atoms with E-state index in [-0.39, 0.29) is 17.4 Å². The van der Waals surface area contributed by atoms with E-state index in [1.807, 2.05) is 13.8 Å². The van der Waals surface area contributed by atoms with Gasteiger partial charge in [-0.1, -0.05) is 12.1 Å². The van der Waals surface area contributed by atoms with Crippen molar-refractivity contribution in [3.63, 3.8) is 0 Å². The maximum atomic E-state index is 12.5. The maximum Gasteiger partial charge on any atom is 0.289 e. The lowest BCUT2D eigenvalue weighted by atomic mass is 9.97. The van der Waals surface area contributed by atoms with Crippen LogP contribution in [0.2, 0.25) is 0 Å². The zero-order chi connectivity index (χ0) is 20.3. The molecule has 1 aromatic carbocycles. The summed E-state index contributed by atoms with van der Waals surface area (Å²) in [4.78, 5) is 12.5. The Bertz CT molecular complexity index is 946. The van der Waals surface area contributed by atoms with Gasteiger partial charge >= 0.3 is 0 Å². The Labute approximate surface area is 164 Å². The third-order valence-corrected chi connectivity index (χ3v) is 6.63. The molecular formula is C19H25N3O5S. The van der Waals surface area contributed by atoms with E-state index in [0.717, 1.165) is 44.0 Å². The van der Waals surface area contributed by atoms with Crippen molar-refractivity contribution >= 4 is 15.7 Å². The van der Waals surface area contributed by atoms with Crippen LogP contribution in [0.1, 0.15) is 29.9 Å². The number of para-hydroxylation sites is 1. The van der Waals surface area contributed by atoms with Crippen LogP contribution in [0, 0.1) is 29.9 Å². The molecule has 3 rings (SSSR count). The molecule has 0 atom stereocenters. The Hall–Kier alpha value is -2.23. The average Bonchev–Trinajstić information content (AvgIpc) is 2.98. The topological polar surface area (TPSA) is 106 Å². The van der Waals surface area contributed by atoms with Gasteiger partial charge in [0.1, 0.15) is 11.5 Å². The van der Waals surface area contributed by atoms with Crippen LogP contribution in [0.4, 0.5) is 5.69 Å². The van der Waals surface area contributed by atoms with Crippen molar-refractivity contribution < 1.29 is 17.8 Å². The molecule has 0 radical (unpaired) electrons. The summed E-state index contributed by atoms with van der Waals surface area (Å²) in [6, 6.07) is 7.46. The van der Waals surface area contributed by atoms with Gasteiger partial charge in [-0.15, -0.1) is 0 Å². The van der Waals surface area contributed by atoms with Gasteiger partial charge in [-0.3, -0.25) is 15.0 Å². The second-order valence-corrected chi connectivity index (χ2v) is 8.97. The first-order chi connectivity index (χ1) is 13.3. The predicted octanol–water partition coefficient (Wildman–Crippen LogP) is 3.00. The molecule has 2 aromatic rings. The Morgan fingerprint density at radius 2 is 1.93 bits per heavy atom. The molecule has 1 aliphatic heterocycles. The van der Waals surface area contributed by atoms with E-state index in [1.165, 1.54) is 29.8 Å². The van der Waals surface area contributed by atoms with E-state index < -0.39 is 20.6 Å². The first kappa shape index (κ1) is 20.5. The van der Waals surface area contributed by atoms with Crippen LogP contribution >= 0.6 is 0 Å². The summed E-state index contributed by atoms with van der Waals surface area (Å²) in [6.45, 7) is 6.77. The summed E-state index contributed by atoms with van der Waals surface area (Å²) in [7, 11) is -3.92. The molecule has 1 saturated heterocycles. The number of rotatable bonds is 7. The van der Waals surface area contributed by atoms with Gasteiger partial charge in [0.05, 0.1) is 4.92 Å². The molecule has 8 nitrogen and oxygen atoms in total. The Balaban J connectivity index is 1.54. The lowest BCUT2D eigenvalue weighted by molar-refractivity contribution is -0.387. The standard InChI is InChI=1S/C19H25N3O5S/c1-14-11-17(15(2)27-14)13-21-9-7-16(8-10-21)12-20-28(25,26)19-6-4-3-5-18(19)22(23)24/h3-6,11,16,20H,7-10,12-13H2,1-2H3. The number of nitro groups is 1. The van der Waals surface area contributed by atoms with Crippen LogP contribution < -0.4 is 4.72 Å². The molecule has 1 aliphatic rings. The van der Waals surface area contributed by atoms with Gasteiger partial charge in [0.25, 0.3) is 5.69 Å². The fraction of sp³-hybridized carbons (Fsp3) is 0.474. The Morgan fingerprint density at radius 3 is 2.54 bits per heavy atom. The summed E-state index contributed by atoms with van der Waals surface area (Å²) in [5.41, 5.74) is 0.781. The summed E-state index contributed by atoms with van der Waals surface area (Å²) in [5, 5.41) is 11.1. The fourth-order valence-corrected chi connectivity index (χ4v) is 4.86. The van der Waals surface area contributed by atoms with E-state index >= 15 is 0 Å². The normalized spacial score (nSPS) is 16.4. The molecule has 1 fully saturated rings. The number of hydrogen-bond acceptors (Lipinski definition) is 6. The van der Waals surface area contributed by atoms with E-state index in [9.17, 15) is 18.5 Å². The van der Waals surface area contributed by atoms with E-state index in [2.05, 4.69) is 15.7 Å². The molecule has 0 amide bonds. The molecule has 9 heteroatoms. The number of aryl methyl sites for hydroxylation is 2. The highest BCUT2D eigenvalue weighted by Crippen LogP contribution is 2.24. The van der Waals surface area contributed by atoms with E-state index in [0.29, 0.717) is 0 Å². The Morgan fingerprint density at radius 1 is 1.25 bits per heavy atom. The SMILES string of the molecule is Cc1cc(CN2CCC(CNS(=O)(=O)c3ccccc3[N+](=O)[O-])CC2)c(C)o1. The lowest BCUT2D eigenvalue weighted by Gasteiger charge is -2.31. The minimum Gasteiger partial charge on any atom is -0.466 e. The highest BCUT2D eigenvalue weighted by molar-refractivity contribution is 7.89. The number of nitro benzene ring substituents is 1. The third-order valence-electron chi connectivity index (χ3n) is 5.16. The number of piperidine rings is 1. The molecule has 1 N–H and O–H groups in total. The summed E-state index contributed by atoms with van der Waals surface area (Å²) in [5.74, 6) is 2.06. The summed E-state index contributed by atoms with van der Waals surface area (Å²) >= 11 is 0. The van der Waals surface area contributed by atoms with Crippen molar-refractivity contribution in [2.75, 3.05) is 19.6 Å². The van der Waals surface area contributed by atoms with Gasteiger partial charge in [0, 0.05) is 24.7 Å². The molecular weight excluding hydrogens is 382 g/mol. The van der Waals surface area contributed by atoms with Gasteiger partial charge in [-0.05, 0) is 57.8 Å². The third kappa shape index (κ3) is 4.78. The van der Waals surface area contributed by atoms with Gasteiger partial charge in [0.2, 0.25) is 10.0 Å². The molecule has 28 heavy (non-hydrogen) atoms. The van der Waals surface area contributed by atoms with Gasteiger partial charge < -0.3 is 4.42 Å². The highest BCUT2D eigenvalue weighted by Gasteiger charge is 2.27. The van der Waals surface area contributed by atoms with Crippen molar-refractivity contribution in [3.05, 3.63) is 57.5 Å². The van der Waals surface area contributed by atoms with Crippen LogP contribution in [0.3, 0.4) is 0 Å². The second-order valence-electron chi connectivity index (χ2n) is 7.23. The number of nitrogens with zero attached hydrogens (tertiary/aromatic N) is 2. The molecule has 152 valence electrons. The van der Waals surface area contributed by atoms with Crippen LogP contribution in [-0.2, 0) is 16.6 Å². The van der Waals surface area contributed by atoms with Crippen LogP contribution in [0.25, 0.3) is 0 Å². The molecule has 0 aliphatic carbocycles. The van der Waals surface area contributed by atoms with Crippen molar-refractivity contribution in [3.8, 4) is 0 Å². The summed E-state index contributed by atoms with van der Waals surface area (Å²) in [6.07, 6.45) is 1.74. The number of furan rings is 1. The minimum atomic E-state index is -3.92. The molecule has 0 bridgehead atoms. The smallest absolute Gasteiger partial charge is 0.289 e. The molecule has 0 spiro atoms. The van der Waals surface area contributed by atoms with Crippen molar-refractivity contribution in [2.45, 2.75) is 38.1 Å². The van der Waals surface area contributed by atoms with Crippen molar-refractivity contribution in [1.82, 2.24) is 9.62 Å². The van der Waals surface area contributed by atoms with Gasteiger partial charge in [-0.2, -0.15) is 0 Å². The maximum absolute atomic E-state index is 12.5. The van der Waals surface area contributed by atoms with Crippen molar-refractivity contribution in [1.29, 1.82) is 0 Å². The van der Waals surface area contributed by atoms with Crippen LogP contribution in [0.15, 0.2) is 39.6 Å². The minimum absolute atomic E-state index is 0.209. The van der Waals surface area contributed by atoms with Crippen LogP contribution in [0.5, 0.6) is 0 Å². The zero-order valence-electron chi connectivity index (χ0n) is 16.1. The van der Waals surface area contributed by atoms with Gasteiger partial charge in [0.15, 0.2) is 4.90 Å². The molecule has 0 saturated carbocycles. The molecule has 0 unspecified atom stereocenters. The predicted molar refractivity (Wildman–Crippen MR) is 104 cm³/mol. The Kier molecular flexibility index (Phi) is 6.17. The van der Waals surface area contributed by atoms with Crippen LogP contribution in [-0.4, -0.2) is 37.9 Å². The van der Waals surface area contributed by atoms with E-state index in [4.69, 9.17) is 4.42 Å². The monoisotopic (exact) mass is 407 g/mol. The highest BCUT2D eigenvalue weighted by atomic mass is 32.2. The number of benzene rings is 1. The average molecular weight is 407 g/mol. The number of sulfonamides is 1. The first-order valence-electron chi connectivity index (χ1n) is 9.27. The van der Waals surface area contributed by atoms with E-state index in [1.54, 1.807) is 0 Å². The number of likely N-dealkylation sites (tertiary alicyclic amines) is 1. The van der Waals surface area contributed by atoms with Gasteiger partial charge in [-0.25, -0.2) is 13.1 Å². The quantitative estimate of drug-likeness (QED) is 0.559. The lowest BCUT2D eigenvalue weighted by Crippen LogP contribution is -2.38. The summed E-state index contributed by atoms with van der Waals surface area (Å²) < 4.78 is 33.1. The molecule has 2 heterocycles. The number of nitrogens with one attached hydrogen (secondary N) is 1. The first-order valence-corrected chi connectivity index (χ1v) is 10.8. The van der Waals surface area contributed by atoms with Crippen molar-refractivity contribution in [2.24, 2.45) is 5.92 Å².